The van der Waals surface area contributed by atoms with Crippen LogP contribution in [0.25, 0.3) is 22.2 Å². The number of nitrogens with zero attached hydrogens (tertiary/aromatic N) is 1. The molecule has 4 heteroatoms. The third kappa shape index (κ3) is 5.80. The van der Waals surface area contributed by atoms with Crippen LogP contribution in [0.3, 0.4) is 0 Å². The van der Waals surface area contributed by atoms with Crippen molar-refractivity contribution in [3.8, 4) is 11.3 Å². The van der Waals surface area contributed by atoms with Crippen LogP contribution in [0.5, 0.6) is 0 Å². The van der Waals surface area contributed by atoms with Crippen LogP contribution in [-0.4, -0.2) is 27.4 Å². The third-order valence-electron chi connectivity index (χ3n) is 10.2. The van der Waals surface area contributed by atoms with Crippen LogP contribution >= 0.6 is 0 Å². The first-order valence-electron chi connectivity index (χ1n) is 14.5. The van der Waals surface area contributed by atoms with Crippen molar-refractivity contribution in [2.24, 2.45) is 22.7 Å². The van der Waals surface area contributed by atoms with E-state index in [0.29, 0.717) is 5.92 Å². The van der Waals surface area contributed by atoms with Crippen LogP contribution < -0.4 is 0 Å². The number of hydrogen-bond donors (Lipinski definition) is 2. The number of aliphatic hydroxyl groups is 2. The molecule has 4 atom stereocenters. The number of aromatic nitrogens is 1. The molecular formula is C34H46IrNO2-. The summed E-state index contributed by atoms with van der Waals surface area (Å²) in [5.74, 6) is 0.636. The molecule has 0 amide bonds. The molecule has 3 aromatic rings. The van der Waals surface area contributed by atoms with Crippen molar-refractivity contribution in [3.05, 3.63) is 66.2 Å². The zero-order chi connectivity index (χ0) is 26.6. The third-order valence-corrected chi connectivity index (χ3v) is 10.2. The zero-order valence-electron chi connectivity index (χ0n) is 23.8. The molecule has 5 rings (SSSR count). The van der Waals surface area contributed by atoms with E-state index in [0.717, 1.165) is 55.3 Å². The van der Waals surface area contributed by atoms with Gasteiger partial charge in [-0.25, -0.2) is 0 Å². The molecule has 4 unspecified atom stereocenters. The SMILES string of the molecule is CCC1(CC)CCCC2CC(CC)(CC)C(O)C2C1O.Cc1cccc2nc(-c3[c-]cccc3)ccc12.[Ir]. The minimum absolute atomic E-state index is 0. The van der Waals surface area contributed by atoms with E-state index in [4.69, 9.17) is 0 Å². The fourth-order valence-corrected chi connectivity index (χ4v) is 7.43. The molecule has 0 bridgehead atoms. The molecule has 1 radical (unpaired) electrons. The van der Waals surface area contributed by atoms with Crippen LogP contribution in [0, 0.1) is 35.7 Å². The quantitative estimate of drug-likeness (QED) is 0.266. The van der Waals surface area contributed by atoms with Gasteiger partial charge < -0.3 is 10.2 Å². The fourth-order valence-electron chi connectivity index (χ4n) is 7.43. The number of aryl methyl sites for hydroxylation is 1. The van der Waals surface area contributed by atoms with E-state index in [9.17, 15) is 10.2 Å². The minimum atomic E-state index is -0.319. The second-order valence-corrected chi connectivity index (χ2v) is 11.6. The number of rotatable bonds is 5. The molecule has 209 valence electrons. The summed E-state index contributed by atoms with van der Waals surface area (Å²) in [5.41, 5.74) is 4.41. The summed E-state index contributed by atoms with van der Waals surface area (Å²) in [6, 6.07) is 21.5. The average Bonchev–Trinajstić information content (AvgIpc) is 3.14. The van der Waals surface area contributed by atoms with Crippen molar-refractivity contribution >= 4 is 10.9 Å². The second-order valence-electron chi connectivity index (χ2n) is 11.6. The number of fused-ring (bicyclic) bond motifs is 2. The summed E-state index contributed by atoms with van der Waals surface area (Å²) in [7, 11) is 0. The molecule has 0 saturated heterocycles. The van der Waals surface area contributed by atoms with Gasteiger partial charge in [-0.05, 0) is 85.9 Å². The summed E-state index contributed by atoms with van der Waals surface area (Å²) in [6.07, 6.45) is 8.17. The predicted octanol–water partition coefficient (Wildman–Crippen LogP) is 8.15. The van der Waals surface area contributed by atoms with Crippen LogP contribution in [0.4, 0.5) is 0 Å². The van der Waals surface area contributed by atoms with E-state index in [2.05, 4.69) is 69.9 Å². The number of aliphatic hydroxyl groups excluding tert-OH is 2. The van der Waals surface area contributed by atoms with E-state index in [-0.39, 0.29) is 49.1 Å². The van der Waals surface area contributed by atoms with Gasteiger partial charge in [-0.15, -0.1) is 35.9 Å². The van der Waals surface area contributed by atoms with Crippen molar-refractivity contribution in [3.63, 3.8) is 0 Å². The second kappa shape index (κ2) is 13.2. The van der Waals surface area contributed by atoms with Crippen LogP contribution in [-0.2, 0) is 20.1 Å². The number of pyridine rings is 1. The zero-order valence-corrected chi connectivity index (χ0v) is 26.2. The molecule has 1 aromatic heterocycles. The van der Waals surface area contributed by atoms with E-state index >= 15 is 0 Å². The Morgan fingerprint density at radius 1 is 0.868 bits per heavy atom. The number of benzene rings is 2. The van der Waals surface area contributed by atoms with E-state index in [1.165, 1.54) is 23.8 Å². The van der Waals surface area contributed by atoms with Gasteiger partial charge in [0, 0.05) is 31.4 Å². The van der Waals surface area contributed by atoms with Crippen LogP contribution in [0.1, 0.15) is 84.6 Å². The smallest absolute Gasteiger partial charge is 0.0651 e. The van der Waals surface area contributed by atoms with Crippen molar-refractivity contribution < 1.29 is 30.3 Å². The molecule has 1 heterocycles. The normalized spacial score (nSPS) is 25.4. The van der Waals surface area contributed by atoms with Gasteiger partial charge in [-0.3, -0.25) is 4.98 Å². The van der Waals surface area contributed by atoms with Gasteiger partial charge in [0.15, 0.2) is 0 Å². The van der Waals surface area contributed by atoms with Crippen molar-refractivity contribution in [2.45, 2.75) is 98.2 Å². The average molecular weight is 693 g/mol. The van der Waals surface area contributed by atoms with Gasteiger partial charge in [-0.2, -0.15) is 0 Å². The standard InChI is InChI=1S/C18H34O2.C16H12N.Ir/c1-5-17(6-2)11-9-10-13-12-18(7-3,8-4)16(20)14(13)15(17)19;1-12-6-5-9-16-14(12)10-11-15(17-16)13-7-3-2-4-8-13;/h13-16,19-20H,5-12H2,1-4H3;2-7,9-11H,1H3;/q;-1;. The summed E-state index contributed by atoms with van der Waals surface area (Å²) >= 11 is 0. The van der Waals surface area contributed by atoms with Crippen molar-refractivity contribution in [2.75, 3.05) is 0 Å². The van der Waals surface area contributed by atoms with E-state index in [1.54, 1.807) is 0 Å². The van der Waals surface area contributed by atoms with Crippen LogP contribution in [0.15, 0.2) is 54.6 Å². The summed E-state index contributed by atoms with van der Waals surface area (Å²) in [5, 5.41) is 23.3. The van der Waals surface area contributed by atoms with E-state index < -0.39 is 0 Å². The Morgan fingerprint density at radius 3 is 2.18 bits per heavy atom. The summed E-state index contributed by atoms with van der Waals surface area (Å²) < 4.78 is 0. The minimum Gasteiger partial charge on any atom is -0.392 e. The molecular weight excluding hydrogens is 647 g/mol. The molecule has 0 spiro atoms. The summed E-state index contributed by atoms with van der Waals surface area (Å²) in [6.45, 7) is 10.9. The first-order chi connectivity index (χ1) is 17.8. The number of hydrogen-bond acceptors (Lipinski definition) is 3. The maximum Gasteiger partial charge on any atom is 0.0651 e. The van der Waals surface area contributed by atoms with Crippen molar-refractivity contribution in [1.82, 2.24) is 4.98 Å². The Hall–Kier alpha value is -1.58. The van der Waals surface area contributed by atoms with Gasteiger partial charge in [0.1, 0.15) is 0 Å². The summed E-state index contributed by atoms with van der Waals surface area (Å²) in [4.78, 5) is 4.68. The topological polar surface area (TPSA) is 53.4 Å². The molecule has 2 fully saturated rings. The van der Waals surface area contributed by atoms with Gasteiger partial charge in [0.05, 0.1) is 17.7 Å². The first kappa shape index (κ1) is 31.0. The Balaban J connectivity index is 0.000000207. The maximum absolute atomic E-state index is 11.1. The molecule has 2 N–H and O–H groups in total. The predicted molar refractivity (Wildman–Crippen MR) is 154 cm³/mol. The largest absolute Gasteiger partial charge is 0.392 e. The maximum atomic E-state index is 11.1. The first-order valence-corrected chi connectivity index (χ1v) is 14.5. The molecule has 0 aliphatic heterocycles. The van der Waals surface area contributed by atoms with Gasteiger partial charge in [0.2, 0.25) is 0 Å². The van der Waals surface area contributed by atoms with Crippen LogP contribution in [0.2, 0.25) is 0 Å². The fraction of sp³-hybridized carbons (Fsp3) is 0.559. The van der Waals surface area contributed by atoms with Gasteiger partial charge in [0.25, 0.3) is 0 Å². The van der Waals surface area contributed by atoms with Gasteiger partial charge in [-0.1, -0.05) is 58.4 Å². The molecule has 3 nitrogen and oxygen atoms in total. The molecule has 2 aliphatic rings. The van der Waals surface area contributed by atoms with E-state index in [1.807, 2.05) is 30.3 Å². The Bertz CT molecular complexity index is 1160. The monoisotopic (exact) mass is 693 g/mol. The molecule has 2 aliphatic carbocycles. The Labute approximate surface area is 243 Å². The molecule has 2 saturated carbocycles. The Morgan fingerprint density at radius 2 is 1.55 bits per heavy atom. The van der Waals surface area contributed by atoms with Gasteiger partial charge >= 0.3 is 0 Å². The molecule has 38 heavy (non-hydrogen) atoms. The van der Waals surface area contributed by atoms with Crippen molar-refractivity contribution in [1.29, 1.82) is 0 Å². The Kier molecular flexibility index (Phi) is 10.7. The molecule has 2 aromatic carbocycles.